The van der Waals surface area contributed by atoms with E-state index in [0.717, 1.165) is 21.3 Å². The summed E-state index contributed by atoms with van der Waals surface area (Å²) in [7, 11) is 0. The van der Waals surface area contributed by atoms with Gasteiger partial charge in [0.1, 0.15) is 0 Å². The average Bonchev–Trinajstić information content (AvgIpc) is 2.39. The van der Waals surface area contributed by atoms with Gasteiger partial charge >= 0.3 is 0 Å². The zero-order valence-corrected chi connectivity index (χ0v) is 12.0. The van der Waals surface area contributed by atoms with E-state index in [1.54, 1.807) is 12.1 Å². The van der Waals surface area contributed by atoms with Crippen molar-refractivity contribution in [3.8, 4) is 0 Å². The third-order valence-corrected chi connectivity index (χ3v) is 3.62. The van der Waals surface area contributed by atoms with Gasteiger partial charge in [-0.15, -0.1) is 0 Å². The molecule has 0 amide bonds. The zero-order chi connectivity index (χ0) is 13.8. The summed E-state index contributed by atoms with van der Waals surface area (Å²) in [5.41, 5.74) is 3.02. The Balaban J connectivity index is 2.12. The molecule has 2 aromatic carbocycles. The van der Waals surface area contributed by atoms with Gasteiger partial charge in [-0.2, -0.15) is 0 Å². The van der Waals surface area contributed by atoms with Crippen molar-refractivity contribution in [1.82, 2.24) is 0 Å². The summed E-state index contributed by atoms with van der Waals surface area (Å²) < 4.78 is 1.04. The number of benzene rings is 2. The van der Waals surface area contributed by atoms with E-state index in [2.05, 4.69) is 21.2 Å². The van der Waals surface area contributed by atoms with Gasteiger partial charge in [0.2, 0.25) is 0 Å². The van der Waals surface area contributed by atoms with Crippen LogP contribution in [0.3, 0.4) is 0 Å². The second kappa shape index (κ2) is 5.84. The van der Waals surface area contributed by atoms with E-state index in [-0.39, 0.29) is 10.6 Å². The van der Waals surface area contributed by atoms with Crippen molar-refractivity contribution in [2.24, 2.45) is 0 Å². The van der Waals surface area contributed by atoms with Crippen molar-refractivity contribution in [3.63, 3.8) is 0 Å². The van der Waals surface area contributed by atoms with E-state index >= 15 is 0 Å². The first kappa shape index (κ1) is 13.5. The molecule has 0 heterocycles. The predicted molar refractivity (Wildman–Crippen MR) is 79.3 cm³/mol. The number of anilines is 1. The fourth-order valence-corrected chi connectivity index (χ4v) is 2.22. The lowest BCUT2D eigenvalue weighted by Crippen LogP contribution is -2.02. The summed E-state index contributed by atoms with van der Waals surface area (Å²) in [6.07, 6.45) is 0. The molecule has 0 aromatic heterocycles. The molecule has 19 heavy (non-hydrogen) atoms. The number of nitrogens with zero attached hydrogens (tertiary/aromatic N) is 1. The zero-order valence-electron chi connectivity index (χ0n) is 10.4. The molecule has 0 saturated heterocycles. The summed E-state index contributed by atoms with van der Waals surface area (Å²) in [4.78, 5) is 10.3. The number of non-ortho nitro benzene ring substituents is 1. The highest BCUT2D eigenvalue weighted by Crippen LogP contribution is 2.23. The number of hydrogen-bond acceptors (Lipinski definition) is 3. The monoisotopic (exact) mass is 320 g/mol. The van der Waals surface area contributed by atoms with Crippen LogP contribution in [0, 0.1) is 17.0 Å². The van der Waals surface area contributed by atoms with Gasteiger partial charge in [-0.05, 0) is 30.2 Å². The Hall–Kier alpha value is -1.88. The standard InChI is InChI=1S/C14H13BrN2O2/c1-10-8-12(17(18)19)6-7-14(10)16-9-11-4-2-3-5-13(11)15/h2-8,16H,9H2,1H3. The van der Waals surface area contributed by atoms with Crippen molar-refractivity contribution in [2.45, 2.75) is 13.5 Å². The molecule has 4 nitrogen and oxygen atoms in total. The van der Waals surface area contributed by atoms with E-state index in [4.69, 9.17) is 0 Å². The summed E-state index contributed by atoms with van der Waals surface area (Å²) in [5.74, 6) is 0. The number of nitro benzene ring substituents is 1. The summed E-state index contributed by atoms with van der Waals surface area (Å²) in [6, 6.07) is 12.8. The minimum absolute atomic E-state index is 0.115. The largest absolute Gasteiger partial charge is 0.381 e. The summed E-state index contributed by atoms with van der Waals surface area (Å²) >= 11 is 3.49. The number of aryl methyl sites for hydroxylation is 1. The Morgan fingerprint density at radius 1 is 1.26 bits per heavy atom. The maximum absolute atomic E-state index is 10.7. The molecule has 1 N–H and O–H groups in total. The average molecular weight is 321 g/mol. The minimum Gasteiger partial charge on any atom is -0.381 e. The lowest BCUT2D eigenvalue weighted by molar-refractivity contribution is -0.384. The van der Waals surface area contributed by atoms with Crippen LogP contribution in [0.25, 0.3) is 0 Å². The van der Waals surface area contributed by atoms with E-state index in [9.17, 15) is 10.1 Å². The second-order valence-electron chi connectivity index (χ2n) is 4.20. The molecule has 0 atom stereocenters. The van der Waals surface area contributed by atoms with Crippen molar-refractivity contribution >= 4 is 27.3 Å². The maximum Gasteiger partial charge on any atom is 0.269 e. The van der Waals surface area contributed by atoms with Gasteiger partial charge in [0.25, 0.3) is 5.69 Å². The molecule has 0 aliphatic carbocycles. The van der Waals surface area contributed by atoms with Crippen LogP contribution < -0.4 is 5.32 Å². The number of nitrogens with one attached hydrogen (secondary N) is 1. The molecule has 0 saturated carbocycles. The normalized spacial score (nSPS) is 10.2. The molecule has 2 aromatic rings. The highest BCUT2D eigenvalue weighted by atomic mass is 79.9. The molecule has 5 heteroatoms. The molecule has 0 radical (unpaired) electrons. The lowest BCUT2D eigenvalue weighted by atomic mass is 10.1. The van der Waals surface area contributed by atoms with Crippen LogP contribution >= 0.6 is 15.9 Å². The molecule has 98 valence electrons. The van der Waals surface area contributed by atoms with Crippen LogP contribution in [0.15, 0.2) is 46.9 Å². The van der Waals surface area contributed by atoms with Gasteiger partial charge in [0.15, 0.2) is 0 Å². The minimum atomic E-state index is -0.384. The van der Waals surface area contributed by atoms with Crippen molar-refractivity contribution in [1.29, 1.82) is 0 Å². The number of halogens is 1. The van der Waals surface area contributed by atoms with Gasteiger partial charge in [-0.25, -0.2) is 0 Å². The Bertz CT molecular complexity index is 614. The molecular weight excluding hydrogens is 308 g/mol. The Labute approximate surface area is 119 Å². The van der Waals surface area contributed by atoms with Gasteiger partial charge < -0.3 is 5.32 Å². The molecule has 0 bridgehead atoms. The number of rotatable bonds is 4. The lowest BCUT2D eigenvalue weighted by Gasteiger charge is -2.10. The third-order valence-electron chi connectivity index (χ3n) is 2.85. The van der Waals surface area contributed by atoms with Crippen LogP contribution in [0.1, 0.15) is 11.1 Å². The van der Waals surface area contributed by atoms with E-state index in [0.29, 0.717) is 6.54 Å². The highest BCUT2D eigenvalue weighted by Gasteiger charge is 2.08. The maximum atomic E-state index is 10.7. The first-order valence-corrected chi connectivity index (χ1v) is 6.59. The van der Waals surface area contributed by atoms with E-state index in [1.165, 1.54) is 6.07 Å². The number of hydrogen-bond donors (Lipinski definition) is 1. The van der Waals surface area contributed by atoms with Crippen molar-refractivity contribution in [2.75, 3.05) is 5.32 Å². The fraction of sp³-hybridized carbons (Fsp3) is 0.143. The van der Waals surface area contributed by atoms with Crippen LogP contribution in [-0.4, -0.2) is 4.92 Å². The van der Waals surface area contributed by atoms with Crippen molar-refractivity contribution in [3.05, 3.63) is 68.2 Å². The quantitative estimate of drug-likeness (QED) is 0.675. The van der Waals surface area contributed by atoms with E-state index in [1.807, 2.05) is 31.2 Å². The van der Waals surface area contributed by atoms with Gasteiger partial charge in [0.05, 0.1) is 4.92 Å². The Kier molecular flexibility index (Phi) is 4.16. The smallest absolute Gasteiger partial charge is 0.269 e. The topological polar surface area (TPSA) is 55.2 Å². The number of nitro groups is 1. The van der Waals surface area contributed by atoms with Crippen molar-refractivity contribution < 1.29 is 4.92 Å². The molecule has 0 fully saturated rings. The van der Waals surface area contributed by atoms with Crippen LogP contribution in [0.5, 0.6) is 0 Å². The first-order valence-electron chi connectivity index (χ1n) is 5.80. The fourth-order valence-electron chi connectivity index (χ4n) is 1.79. The van der Waals surface area contributed by atoms with Crippen LogP contribution in [-0.2, 0) is 6.54 Å². The highest BCUT2D eigenvalue weighted by molar-refractivity contribution is 9.10. The molecule has 0 aliphatic rings. The summed E-state index contributed by atoms with van der Waals surface area (Å²) in [5, 5.41) is 14.0. The molecule has 0 spiro atoms. The van der Waals surface area contributed by atoms with Gasteiger partial charge in [-0.3, -0.25) is 10.1 Å². The van der Waals surface area contributed by atoms with Crippen LogP contribution in [0.4, 0.5) is 11.4 Å². The Morgan fingerprint density at radius 3 is 2.63 bits per heavy atom. The SMILES string of the molecule is Cc1cc([N+](=O)[O-])ccc1NCc1ccccc1Br. The van der Waals surface area contributed by atoms with Gasteiger partial charge in [0, 0.05) is 28.8 Å². The summed E-state index contributed by atoms with van der Waals surface area (Å²) in [6.45, 7) is 2.52. The molecule has 0 aliphatic heterocycles. The third kappa shape index (κ3) is 3.32. The molecule has 2 rings (SSSR count). The molecular formula is C14H13BrN2O2. The van der Waals surface area contributed by atoms with E-state index < -0.39 is 0 Å². The second-order valence-corrected chi connectivity index (χ2v) is 5.06. The van der Waals surface area contributed by atoms with Crippen LogP contribution in [0.2, 0.25) is 0 Å². The Morgan fingerprint density at radius 2 is 2.00 bits per heavy atom. The van der Waals surface area contributed by atoms with Gasteiger partial charge in [-0.1, -0.05) is 34.1 Å². The molecule has 0 unspecified atom stereocenters. The predicted octanol–water partition coefficient (Wildman–Crippen LogP) is 4.28. The first-order chi connectivity index (χ1) is 9.08.